The molecule has 1 saturated carbocycles. The third-order valence-corrected chi connectivity index (χ3v) is 7.45. The van der Waals surface area contributed by atoms with E-state index in [1.165, 1.54) is 51.4 Å². The highest BCUT2D eigenvalue weighted by atomic mass is 15.3. The maximum Gasteiger partial charge on any atom is 0.0576 e. The van der Waals surface area contributed by atoms with Gasteiger partial charge in [-0.3, -0.25) is 4.90 Å². The van der Waals surface area contributed by atoms with E-state index in [1.54, 1.807) is 0 Å². The van der Waals surface area contributed by atoms with Crippen LogP contribution in [0.3, 0.4) is 0 Å². The molecule has 3 nitrogen and oxygen atoms in total. The van der Waals surface area contributed by atoms with Gasteiger partial charge < -0.3 is 11.1 Å². The number of piperidine rings is 1. The summed E-state index contributed by atoms with van der Waals surface area (Å²) in [6, 6.07) is 11.2. The van der Waals surface area contributed by atoms with Crippen molar-refractivity contribution in [1.29, 1.82) is 0 Å². The summed E-state index contributed by atoms with van der Waals surface area (Å²) in [5.74, 6) is 0.914. The minimum absolute atomic E-state index is 0.483. The van der Waals surface area contributed by atoms with Gasteiger partial charge in [0.2, 0.25) is 0 Å². The van der Waals surface area contributed by atoms with E-state index in [2.05, 4.69) is 43.1 Å². The lowest BCUT2D eigenvalue weighted by atomic mass is 9.71. The van der Waals surface area contributed by atoms with Crippen molar-refractivity contribution in [3.05, 3.63) is 24.3 Å². The van der Waals surface area contributed by atoms with E-state index in [-0.39, 0.29) is 0 Å². The number of hydrogen-bond donors (Lipinski definition) is 2. The van der Waals surface area contributed by atoms with Gasteiger partial charge in [-0.2, -0.15) is 0 Å². The minimum atomic E-state index is 0.483. The summed E-state index contributed by atoms with van der Waals surface area (Å²) in [6.07, 6.45) is 11.0. The molecule has 0 spiro atoms. The lowest BCUT2D eigenvalue weighted by Crippen LogP contribution is -2.52. The number of benzene rings is 1. The highest BCUT2D eigenvalue weighted by molar-refractivity contribution is 5.66. The maximum atomic E-state index is 6.14. The lowest BCUT2D eigenvalue weighted by Gasteiger charge is -2.47. The summed E-state index contributed by atoms with van der Waals surface area (Å²) in [7, 11) is 0. The lowest BCUT2D eigenvalue weighted by molar-refractivity contribution is 0.0364. The SMILES string of the molecule is CC(C)(C)[C@H]1CC[C@H](N2[C@@H]3CC[C@H]2C[C@@H](Nc2ccccc2N)C3)CC1. The third-order valence-electron chi connectivity index (χ3n) is 7.45. The van der Waals surface area contributed by atoms with Gasteiger partial charge in [-0.25, -0.2) is 0 Å². The third kappa shape index (κ3) is 3.60. The molecule has 2 saturated heterocycles. The zero-order valence-corrected chi connectivity index (χ0v) is 16.9. The Morgan fingerprint density at radius 3 is 2.04 bits per heavy atom. The van der Waals surface area contributed by atoms with Crippen molar-refractivity contribution in [2.24, 2.45) is 11.3 Å². The summed E-state index contributed by atoms with van der Waals surface area (Å²) in [4.78, 5) is 2.95. The van der Waals surface area contributed by atoms with Crippen LogP contribution in [0, 0.1) is 11.3 Å². The second-order valence-electron chi connectivity index (χ2n) is 10.1. The zero-order chi connectivity index (χ0) is 18.3. The molecular weight excluding hydrogens is 318 g/mol. The Morgan fingerprint density at radius 2 is 1.46 bits per heavy atom. The van der Waals surface area contributed by atoms with Crippen LogP contribution in [0.5, 0.6) is 0 Å². The van der Waals surface area contributed by atoms with Crippen molar-refractivity contribution in [2.45, 2.75) is 96.3 Å². The average molecular weight is 356 g/mol. The summed E-state index contributed by atoms with van der Waals surface area (Å²) in [6.45, 7) is 7.27. The van der Waals surface area contributed by atoms with Crippen molar-refractivity contribution < 1.29 is 0 Å². The molecule has 3 heteroatoms. The molecule has 3 atom stereocenters. The second kappa shape index (κ2) is 7.07. The Labute approximate surface area is 159 Å². The van der Waals surface area contributed by atoms with Crippen LogP contribution in [0.15, 0.2) is 24.3 Å². The number of nitrogens with two attached hydrogens (primary N) is 1. The molecule has 0 unspecified atom stereocenters. The molecule has 1 aliphatic carbocycles. The van der Waals surface area contributed by atoms with E-state index < -0.39 is 0 Å². The number of rotatable bonds is 3. The van der Waals surface area contributed by atoms with Crippen molar-refractivity contribution in [3.8, 4) is 0 Å². The van der Waals surface area contributed by atoms with E-state index in [9.17, 15) is 0 Å². The molecule has 0 radical (unpaired) electrons. The van der Waals surface area contributed by atoms with Crippen LogP contribution < -0.4 is 11.1 Å². The summed E-state index contributed by atoms with van der Waals surface area (Å²) >= 11 is 0. The molecule has 26 heavy (non-hydrogen) atoms. The van der Waals surface area contributed by atoms with Crippen molar-refractivity contribution in [1.82, 2.24) is 4.90 Å². The largest absolute Gasteiger partial charge is 0.397 e. The Morgan fingerprint density at radius 1 is 0.885 bits per heavy atom. The van der Waals surface area contributed by atoms with E-state index >= 15 is 0 Å². The number of anilines is 2. The number of para-hydroxylation sites is 2. The normalized spacial score (nSPS) is 35.4. The smallest absolute Gasteiger partial charge is 0.0576 e. The van der Waals surface area contributed by atoms with E-state index in [0.717, 1.165) is 35.4 Å². The number of fused-ring (bicyclic) bond motifs is 2. The predicted molar refractivity (Wildman–Crippen MR) is 111 cm³/mol. The fourth-order valence-corrected chi connectivity index (χ4v) is 6.02. The molecule has 3 aliphatic rings. The molecule has 0 aromatic heterocycles. The first kappa shape index (κ1) is 18.2. The first-order chi connectivity index (χ1) is 12.4. The predicted octanol–water partition coefficient (Wildman–Crippen LogP) is 5.28. The number of nitrogens with zero attached hydrogens (tertiary/aromatic N) is 1. The fourth-order valence-electron chi connectivity index (χ4n) is 6.02. The van der Waals surface area contributed by atoms with Crippen LogP contribution in [0.2, 0.25) is 0 Å². The first-order valence-corrected chi connectivity index (χ1v) is 10.8. The monoisotopic (exact) mass is 355 g/mol. The quantitative estimate of drug-likeness (QED) is 0.725. The van der Waals surface area contributed by atoms with Crippen LogP contribution in [-0.2, 0) is 0 Å². The molecule has 2 aliphatic heterocycles. The second-order valence-corrected chi connectivity index (χ2v) is 10.1. The highest BCUT2D eigenvalue weighted by Gasteiger charge is 2.45. The number of nitrogens with one attached hydrogen (secondary N) is 1. The van der Waals surface area contributed by atoms with E-state index in [0.29, 0.717) is 11.5 Å². The average Bonchev–Trinajstić information content (AvgIpc) is 2.87. The number of hydrogen-bond acceptors (Lipinski definition) is 3. The Balaban J connectivity index is 1.37. The van der Waals surface area contributed by atoms with Gasteiger partial charge in [0.25, 0.3) is 0 Å². The van der Waals surface area contributed by atoms with Gasteiger partial charge in [-0.15, -0.1) is 0 Å². The highest BCUT2D eigenvalue weighted by Crippen LogP contribution is 2.44. The molecule has 144 valence electrons. The molecule has 2 bridgehead atoms. The van der Waals surface area contributed by atoms with Crippen LogP contribution in [-0.4, -0.2) is 29.1 Å². The molecule has 3 fully saturated rings. The van der Waals surface area contributed by atoms with Gasteiger partial charge in [0, 0.05) is 24.2 Å². The standard InChI is InChI=1S/C23H37N3/c1-23(2,3)16-8-10-18(11-9-16)26-19-12-13-20(26)15-17(14-19)25-22-7-5-4-6-21(22)24/h4-7,16-20,25H,8-15,24H2,1-3H3/t16-,17-,18-,19+,20-. The van der Waals surface area contributed by atoms with Crippen molar-refractivity contribution >= 4 is 11.4 Å². The molecular formula is C23H37N3. The maximum absolute atomic E-state index is 6.14. The van der Waals surface area contributed by atoms with Gasteiger partial charge in [-0.1, -0.05) is 32.9 Å². The molecule has 3 N–H and O–H groups in total. The van der Waals surface area contributed by atoms with E-state index in [4.69, 9.17) is 5.73 Å². The van der Waals surface area contributed by atoms with E-state index in [1.807, 2.05) is 12.1 Å². The van der Waals surface area contributed by atoms with Crippen molar-refractivity contribution in [3.63, 3.8) is 0 Å². The van der Waals surface area contributed by atoms with Gasteiger partial charge >= 0.3 is 0 Å². The fraction of sp³-hybridized carbons (Fsp3) is 0.739. The topological polar surface area (TPSA) is 41.3 Å². The van der Waals surface area contributed by atoms with Crippen molar-refractivity contribution in [2.75, 3.05) is 11.1 Å². The minimum Gasteiger partial charge on any atom is -0.397 e. The summed E-state index contributed by atoms with van der Waals surface area (Å²) < 4.78 is 0. The van der Waals surface area contributed by atoms with Gasteiger partial charge in [0.1, 0.15) is 0 Å². The van der Waals surface area contributed by atoms with Crippen LogP contribution in [0.25, 0.3) is 0 Å². The summed E-state index contributed by atoms with van der Waals surface area (Å²) in [5.41, 5.74) is 8.62. The molecule has 0 amide bonds. The molecule has 1 aromatic rings. The van der Waals surface area contributed by atoms with Gasteiger partial charge in [0.05, 0.1) is 11.4 Å². The first-order valence-electron chi connectivity index (χ1n) is 10.8. The molecule has 2 heterocycles. The van der Waals surface area contributed by atoms with Crippen LogP contribution in [0.1, 0.15) is 72.1 Å². The molecule has 4 rings (SSSR count). The van der Waals surface area contributed by atoms with Crippen LogP contribution >= 0.6 is 0 Å². The number of nitrogen functional groups attached to an aromatic ring is 1. The zero-order valence-electron chi connectivity index (χ0n) is 16.9. The van der Waals surface area contributed by atoms with Gasteiger partial charge in [-0.05, 0) is 74.8 Å². The van der Waals surface area contributed by atoms with Gasteiger partial charge in [0.15, 0.2) is 0 Å². The summed E-state index contributed by atoms with van der Waals surface area (Å²) in [5, 5.41) is 3.75. The Bertz CT molecular complexity index is 598. The molecule has 1 aromatic carbocycles. The van der Waals surface area contributed by atoms with Crippen LogP contribution in [0.4, 0.5) is 11.4 Å². The Hall–Kier alpha value is -1.22. The Kier molecular flexibility index (Phi) is 4.94.